The molecule has 2 N–H and O–H groups in total. The lowest BCUT2D eigenvalue weighted by Gasteiger charge is -2.36. The van der Waals surface area contributed by atoms with Crippen molar-refractivity contribution in [3.8, 4) is 0 Å². The van der Waals surface area contributed by atoms with Crippen LogP contribution in [-0.2, 0) is 14.3 Å². The third-order valence-electron chi connectivity index (χ3n) is 7.59. The van der Waals surface area contributed by atoms with Gasteiger partial charge in [-0.1, -0.05) is 63.6 Å². The fourth-order valence-corrected chi connectivity index (χ4v) is 5.74. The lowest BCUT2D eigenvalue weighted by Crippen LogP contribution is -2.54. The van der Waals surface area contributed by atoms with E-state index in [2.05, 4.69) is 17.6 Å². The van der Waals surface area contributed by atoms with Crippen LogP contribution in [0.5, 0.6) is 0 Å². The monoisotopic (exact) mass is 575 g/mol. The number of amides is 3. The van der Waals surface area contributed by atoms with Crippen LogP contribution in [0.3, 0.4) is 0 Å². The highest BCUT2D eigenvalue weighted by Crippen LogP contribution is 2.29. The van der Waals surface area contributed by atoms with E-state index in [9.17, 15) is 14.4 Å². The first-order chi connectivity index (χ1) is 19.0. The maximum absolute atomic E-state index is 14.4. The number of benzene rings is 1. The number of hydrogen-bond acceptors (Lipinski definition) is 5. The molecule has 1 saturated carbocycles. The van der Waals surface area contributed by atoms with Gasteiger partial charge in [-0.15, -0.1) is 0 Å². The molecule has 1 aliphatic rings. The van der Waals surface area contributed by atoms with Gasteiger partial charge in [0.1, 0.15) is 17.7 Å². The van der Waals surface area contributed by atoms with Crippen molar-refractivity contribution in [1.82, 2.24) is 15.5 Å². The summed E-state index contributed by atoms with van der Waals surface area (Å²) in [5.74, 6) is 0.324. The summed E-state index contributed by atoms with van der Waals surface area (Å²) < 4.78 is 5.51. The summed E-state index contributed by atoms with van der Waals surface area (Å²) >= 11 is 1.62. The Labute approximate surface area is 246 Å². The highest BCUT2D eigenvalue weighted by Gasteiger charge is 2.37. The molecule has 0 aliphatic heterocycles. The fourth-order valence-electron chi connectivity index (χ4n) is 5.27. The zero-order valence-electron chi connectivity index (χ0n) is 25.9. The number of alkyl carbamates (subject to hydrolysis) is 1. The van der Waals surface area contributed by atoms with Gasteiger partial charge in [0.2, 0.25) is 11.8 Å². The normalized spacial score (nSPS) is 15.7. The first-order valence-electron chi connectivity index (χ1n) is 15.1. The molecule has 2 rings (SSSR count). The average molecular weight is 576 g/mol. The summed E-state index contributed by atoms with van der Waals surface area (Å²) in [6, 6.07) is 4.53. The summed E-state index contributed by atoms with van der Waals surface area (Å²) in [5.41, 5.74) is 2.26. The maximum Gasteiger partial charge on any atom is 0.408 e. The molecule has 0 aromatic heterocycles. The van der Waals surface area contributed by atoms with Gasteiger partial charge in [0.25, 0.3) is 0 Å². The van der Waals surface area contributed by atoms with Crippen molar-refractivity contribution in [2.45, 2.75) is 129 Å². The number of aryl methyl sites for hydroxylation is 1. The average Bonchev–Trinajstić information content (AvgIpc) is 2.89. The Morgan fingerprint density at radius 1 is 1.07 bits per heavy atom. The molecule has 2 unspecified atom stereocenters. The van der Waals surface area contributed by atoms with Crippen molar-refractivity contribution >= 4 is 29.7 Å². The number of ether oxygens (including phenoxy) is 1. The van der Waals surface area contributed by atoms with Crippen LogP contribution in [0.2, 0.25) is 0 Å². The molecule has 1 aliphatic carbocycles. The predicted octanol–water partition coefficient (Wildman–Crippen LogP) is 6.85. The van der Waals surface area contributed by atoms with Crippen LogP contribution in [-0.4, -0.2) is 59.0 Å². The van der Waals surface area contributed by atoms with Crippen LogP contribution in [0.1, 0.15) is 115 Å². The van der Waals surface area contributed by atoms with Gasteiger partial charge in [-0.2, -0.15) is 11.8 Å². The summed E-state index contributed by atoms with van der Waals surface area (Å²) in [6.07, 6.45) is 11.1. The molecule has 0 bridgehead atoms. The van der Waals surface area contributed by atoms with Gasteiger partial charge in [-0.25, -0.2) is 4.79 Å². The molecular weight excluding hydrogens is 522 g/mol. The van der Waals surface area contributed by atoms with E-state index in [0.29, 0.717) is 18.7 Å². The van der Waals surface area contributed by atoms with Gasteiger partial charge in [0.05, 0.1) is 0 Å². The number of hydrogen-bond donors (Lipinski definition) is 2. The molecule has 0 saturated heterocycles. The minimum absolute atomic E-state index is 0.123. The Morgan fingerprint density at radius 2 is 1.77 bits per heavy atom. The van der Waals surface area contributed by atoms with Crippen LogP contribution < -0.4 is 10.6 Å². The van der Waals surface area contributed by atoms with Crippen molar-refractivity contribution < 1.29 is 19.1 Å². The first-order valence-corrected chi connectivity index (χ1v) is 16.5. The Hall–Kier alpha value is -2.22. The Bertz CT molecular complexity index is 956. The van der Waals surface area contributed by atoms with E-state index in [-0.39, 0.29) is 17.9 Å². The van der Waals surface area contributed by atoms with Crippen LogP contribution in [0, 0.1) is 13.8 Å². The van der Waals surface area contributed by atoms with Gasteiger partial charge < -0.3 is 20.3 Å². The van der Waals surface area contributed by atoms with E-state index in [4.69, 9.17) is 4.74 Å². The molecule has 0 spiro atoms. The van der Waals surface area contributed by atoms with Crippen molar-refractivity contribution in [2.24, 2.45) is 0 Å². The second kappa shape index (κ2) is 16.9. The maximum atomic E-state index is 14.4. The van der Waals surface area contributed by atoms with E-state index in [1.165, 1.54) is 6.42 Å². The summed E-state index contributed by atoms with van der Waals surface area (Å²) in [7, 11) is 0. The van der Waals surface area contributed by atoms with Gasteiger partial charge in [0, 0.05) is 12.6 Å². The summed E-state index contributed by atoms with van der Waals surface area (Å²) in [4.78, 5) is 43.1. The smallest absolute Gasteiger partial charge is 0.408 e. The second-order valence-corrected chi connectivity index (χ2v) is 13.1. The first kappa shape index (κ1) is 34.0. The second-order valence-electron chi connectivity index (χ2n) is 12.1. The minimum atomic E-state index is -0.788. The van der Waals surface area contributed by atoms with Gasteiger partial charge in [0.15, 0.2) is 0 Å². The van der Waals surface area contributed by atoms with Crippen LogP contribution in [0.15, 0.2) is 18.2 Å². The topological polar surface area (TPSA) is 87.7 Å². The van der Waals surface area contributed by atoms with Crippen LogP contribution in [0.4, 0.5) is 4.79 Å². The summed E-state index contributed by atoms with van der Waals surface area (Å²) in [6.45, 7) is 12.1. The number of carbonyl (C=O) groups is 3. The molecule has 1 aromatic rings. The molecule has 226 valence electrons. The quantitative estimate of drug-likeness (QED) is 0.237. The number of thioether (sulfide) groups is 1. The van der Waals surface area contributed by atoms with E-state index >= 15 is 0 Å². The summed E-state index contributed by atoms with van der Waals surface area (Å²) in [5, 5.41) is 6.15. The molecule has 40 heavy (non-hydrogen) atoms. The number of unbranched alkanes of at least 4 members (excludes halogenated alkanes) is 3. The minimum Gasteiger partial charge on any atom is -0.444 e. The molecule has 0 radical (unpaired) electrons. The standard InChI is InChI=1S/C32H53N3O4S/c1-8-9-10-14-21-35(30(37)27(20-22-40-7)34-31(38)39-32(4,5)6)28(26-19-15-16-23(2)24(26)3)29(36)33-25-17-12-11-13-18-25/h15-16,19,25,27-28H,8-14,17-18,20-22H2,1-7H3,(H,33,36)(H,34,38). The number of nitrogens with one attached hydrogen (secondary N) is 2. The number of nitrogens with zero attached hydrogens (tertiary/aromatic N) is 1. The van der Waals surface area contributed by atoms with E-state index in [0.717, 1.165) is 68.1 Å². The van der Waals surface area contributed by atoms with E-state index in [1.807, 2.05) is 38.3 Å². The van der Waals surface area contributed by atoms with E-state index < -0.39 is 23.8 Å². The molecule has 1 aromatic carbocycles. The van der Waals surface area contributed by atoms with Crippen molar-refractivity contribution in [3.05, 3.63) is 34.9 Å². The van der Waals surface area contributed by atoms with Crippen molar-refractivity contribution in [3.63, 3.8) is 0 Å². The Kier molecular flexibility index (Phi) is 14.4. The number of carbonyl (C=O) groups excluding carboxylic acids is 3. The largest absolute Gasteiger partial charge is 0.444 e. The molecule has 0 heterocycles. The van der Waals surface area contributed by atoms with E-state index in [1.54, 1.807) is 37.4 Å². The zero-order chi connectivity index (χ0) is 29.7. The molecule has 1 fully saturated rings. The Morgan fingerprint density at radius 3 is 2.40 bits per heavy atom. The fraction of sp³-hybridized carbons (Fsp3) is 0.719. The Balaban J connectivity index is 2.50. The molecule has 8 heteroatoms. The molecule has 2 atom stereocenters. The highest BCUT2D eigenvalue weighted by atomic mass is 32.2. The highest BCUT2D eigenvalue weighted by molar-refractivity contribution is 7.98. The van der Waals surface area contributed by atoms with Gasteiger partial charge in [-0.3, -0.25) is 9.59 Å². The molecular formula is C32H53N3O4S. The molecule has 3 amide bonds. The lowest BCUT2D eigenvalue weighted by molar-refractivity contribution is -0.143. The zero-order valence-corrected chi connectivity index (χ0v) is 26.8. The third-order valence-corrected chi connectivity index (χ3v) is 8.23. The predicted molar refractivity (Wildman–Crippen MR) is 166 cm³/mol. The van der Waals surface area contributed by atoms with Crippen LogP contribution >= 0.6 is 11.8 Å². The van der Waals surface area contributed by atoms with Crippen molar-refractivity contribution in [1.29, 1.82) is 0 Å². The van der Waals surface area contributed by atoms with Gasteiger partial charge >= 0.3 is 6.09 Å². The van der Waals surface area contributed by atoms with Crippen molar-refractivity contribution in [2.75, 3.05) is 18.6 Å². The van der Waals surface area contributed by atoms with Crippen LogP contribution in [0.25, 0.3) is 0 Å². The third kappa shape index (κ3) is 11.0. The lowest BCUT2D eigenvalue weighted by atomic mass is 9.92. The number of rotatable bonds is 14. The molecule has 7 nitrogen and oxygen atoms in total. The van der Waals surface area contributed by atoms with Gasteiger partial charge in [-0.05, 0) is 89.0 Å². The SMILES string of the molecule is CCCCCCN(C(=O)C(CCSC)NC(=O)OC(C)(C)C)C(C(=O)NC1CCCCC1)c1cccc(C)c1C.